The van der Waals surface area contributed by atoms with Crippen LogP contribution in [0.2, 0.25) is 0 Å². The van der Waals surface area contributed by atoms with Gasteiger partial charge in [-0.25, -0.2) is 4.79 Å². The number of benzene rings is 3. The zero-order chi connectivity index (χ0) is 22.1. The zero-order valence-electron chi connectivity index (χ0n) is 18.2. The number of nitrogens with zero attached hydrogens (tertiary/aromatic N) is 1. The van der Waals surface area contributed by atoms with Gasteiger partial charge >= 0.3 is 6.09 Å². The second kappa shape index (κ2) is 8.32. The fourth-order valence-corrected chi connectivity index (χ4v) is 4.93. The molecule has 5 heteroatoms. The second-order valence-electron chi connectivity index (χ2n) is 8.55. The van der Waals surface area contributed by atoms with Crippen LogP contribution >= 0.6 is 0 Å². The molecular formula is C27H27NO4. The number of piperidine rings is 1. The molecule has 5 rings (SSSR count). The first kappa shape index (κ1) is 20.6. The number of amides is 1. The van der Waals surface area contributed by atoms with Crippen molar-refractivity contribution in [2.75, 3.05) is 26.8 Å². The summed E-state index contributed by atoms with van der Waals surface area (Å²) >= 11 is 0. The van der Waals surface area contributed by atoms with Crippen LogP contribution in [0.3, 0.4) is 0 Å². The molecule has 0 atom stereocenters. The second-order valence-corrected chi connectivity index (χ2v) is 8.55. The van der Waals surface area contributed by atoms with Crippen LogP contribution in [0, 0.1) is 0 Å². The monoisotopic (exact) mass is 429 g/mol. The molecule has 1 saturated heterocycles. The van der Waals surface area contributed by atoms with Crippen LogP contribution < -0.4 is 4.74 Å². The van der Waals surface area contributed by atoms with Gasteiger partial charge in [-0.3, -0.25) is 0 Å². The largest absolute Gasteiger partial charge is 0.497 e. The number of fused-ring (bicyclic) bond motifs is 3. The molecule has 0 aromatic heterocycles. The number of ether oxygens (including phenoxy) is 2. The van der Waals surface area contributed by atoms with Crippen molar-refractivity contribution in [2.24, 2.45) is 0 Å². The molecule has 3 aromatic rings. The summed E-state index contributed by atoms with van der Waals surface area (Å²) in [7, 11) is 1.62. The molecule has 2 aliphatic rings. The van der Waals surface area contributed by atoms with Crippen molar-refractivity contribution in [1.29, 1.82) is 0 Å². The fraction of sp³-hybridized carbons (Fsp3) is 0.296. The van der Waals surface area contributed by atoms with Crippen molar-refractivity contribution in [3.63, 3.8) is 0 Å². The van der Waals surface area contributed by atoms with Crippen LogP contribution in [-0.4, -0.2) is 42.9 Å². The molecule has 1 amide bonds. The lowest BCUT2D eigenvalue weighted by molar-refractivity contribution is -0.0250. The third-order valence-corrected chi connectivity index (χ3v) is 6.81. The Bertz CT molecular complexity index is 1070. The minimum Gasteiger partial charge on any atom is -0.497 e. The highest BCUT2D eigenvalue weighted by Gasteiger charge is 2.36. The van der Waals surface area contributed by atoms with E-state index in [1.807, 2.05) is 48.5 Å². The Kier molecular flexibility index (Phi) is 5.35. The van der Waals surface area contributed by atoms with E-state index >= 15 is 0 Å². The molecule has 0 unspecified atom stereocenters. The summed E-state index contributed by atoms with van der Waals surface area (Å²) in [5, 5.41) is 11.1. The number of aliphatic hydroxyl groups is 1. The summed E-state index contributed by atoms with van der Waals surface area (Å²) in [4.78, 5) is 14.5. The summed E-state index contributed by atoms with van der Waals surface area (Å²) in [5.41, 5.74) is 4.75. The number of rotatable bonds is 4. The number of likely N-dealkylation sites (tertiary alicyclic amines) is 1. The van der Waals surface area contributed by atoms with Crippen molar-refractivity contribution < 1.29 is 19.4 Å². The SMILES string of the molecule is COc1ccc(C2(O)CCN(C(=O)OCC3c4ccccc4-c4ccccc43)CC2)cc1. The van der Waals surface area contributed by atoms with E-state index in [4.69, 9.17) is 9.47 Å². The van der Waals surface area contributed by atoms with E-state index < -0.39 is 5.60 Å². The smallest absolute Gasteiger partial charge is 0.409 e. The average molecular weight is 430 g/mol. The van der Waals surface area contributed by atoms with Crippen molar-refractivity contribution in [2.45, 2.75) is 24.4 Å². The molecule has 0 bridgehead atoms. The Balaban J connectivity index is 1.22. The summed E-state index contributed by atoms with van der Waals surface area (Å²) < 4.78 is 11.0. The van der Waals surface area contributed by atoms with Crippen LogP contribution in [-0.2, 0) is 10.3 Å². The number of methoxy groups -OCH3 is 1. The van der Waals surface area contributed by atoms with Gasteiger partial charge in [-0.1, -0.05) is 60.7 Å². The Morgan fingerprint density at radius 2 is 1.50 bits per heavy atom. The summed E-state index contributed by atoms with van der Waals surface area (Å²) in [6.45, 7) is 1.23. The minimum absolute atomic E-state index is 0.0485. The molecule has 164 valence electrons. The summed E-state index contributed by atoms with van der Waals surface area (Å²) in [6.07, 6.45) is 0.635. The van der Waals surface area contributed by atoms with Crippen molar-refractivity contribution in [3.8, 4) is 16.9 Å². The van der Waals surface area contributed by atoms with E-state index in [0.717, 1.165) is 11.3 Å². The molecule has 32 heavy (non-hydrogen) atoms. The Morgan fingerprint density at radius 3 is 2.06 bits per heavy atom. The normalized spacial score (nSPS) is 16.9. The standard InChI is InChI=1S/C27H27NO4/c1-31-20-12-10-19(11-13-20)27(30)14-16-28(17-15-27)26(29)32-18-25-23-8-4-2-6-21(23)22-7-3-5-9-24(22)25/h2-13,25,30H,14-18H2,1H3. The van der Waals surface area contributed by atoms with E-state index in [2.05, 4.69) is 24.3 Å². The van der Waals surface area contributed by atoms with Crippen LogP contribution in [0.4, 0.5) is 4.79 Å². The molecule has 3 aromatic carbocycles. The van der Waals surface area contributed by atoms with E-state index in [-0.39, 0.29) is 12.0 Å². The Labute approximate surface area is 188 Å². The highest BCUT2D eigenvalue weighted by molar-refractivity contribution is 5.79. The molecule has 1 N–H and O–H groups in total. The number of carbonyl (C=O) groups excluding carboxylic acids is 1. The quantitative estimate of drug-likeness (QED) is 0.639. The molecular weight excluding hydrogens is 402 g/mol. The molecule has 0 spiro atoms. The van der Waals surface area contributed by atoms with Gasteiger partial charge in [0, 0.05) is 19.0 Å². The topological polar surface area (TPSA) is 59.0 Å². The van der Waals surface area contributed by atoms with Gasteiger partial charge in [0.15, 0.2) is 0 Å². The number of carbonyl (C=O) groups is 1. The van der Waals surface area contributed by atoms with Crippen molar-refractivity contribution in [1.82, 2.24) is 4.90 Å². The van der Waals surface area contributed by atoms with E-state index in [9.17, 15) is 9.90 Å². The third-order valence-electron chi connectivity index (χ3n) is 6.81. The van der Waals surface area contributed by atoms with Crippen LogP contribution in [0.1, 0.15) is 35.4 Å². The van der Waals surface area contributed by atoms with Crippen LogP contribution in [0.25, 0.3) is 11.1 Å². The van der Waals surface area contributed by atoms with E-state index in [0.29, 0.717) is 32.5 Å². The maximum absolute atomic E-state index is 12.8. The fourth-order valence-electron chi connectivity index (χ4n) is 4.93. The molecule has 1 heterocycles. The third kappa shape index (κ3) is 3.63. The molecule has 0 radical (unpaired) electrons. The zero-order valence-corrected chi connectivity index (χ0v) is 18.2. The first-order valence-electron chi connectivity index (χ1n) is 11.1. The maximum atomic E-state index is 12.8. The van der Waals surface area contributed by atoms with E-state index in [1.54, 1.807) is 12.0 Å². The molecule has 5 nitrogen and oxygen atoms in total. The highest BCUT2D eigenvalue weighted by atomic mass is 16.6. The van der Waals surface area contributed by atoms with Crippen LogP contribution in [0.15, 0.2) is 72.8 Å². The molecule has 0 saturated carbocycles. The van der Waals surface area contributed by atoms with Gasteiger partial charge in [0.2, 0.25) is 0 Å². The summed E-state index contributed by atoms with van der Waals surface area (Å²) in [6, 6.07) is 24.1. The first-order valence-corrected chi connectivity index (χ1v) is 11.1. The predicted molar refractivity (Wildman–Crippen MR) is 123 cm³/mol. The van der Waals surface area contributed by atoms with Gasteiger partial charge in [0.1, 0.15) is 12.4 Å². The molecule has 1 fully saturated rings. The number of hydrogen-bond donors (Lipinski definition) is 1. The van der Waals surface area contributed by atoms with Crippen LogP contribution in [0.5, 0.6) is 5.75 Å². The Hall–Kier alpha value is -3.31. The van der Waals surface area contributed by atoms with Gasteiger partial charge < -0.3 is 19.5 Å². The summed E-state index contributed by atoms with van der Waals surface area (Å²) in [5.74, 6) is 0.806. The van der Waals surface area contributed by atoms with Gasteiger partial charge in [-0.05, 0) is 52.8 Å². The lowest BCUT2D eigenvalue weighted by Gasteiger charge is -2.38. The lowest BCUT2D eigenvalue weighted by atomic mass is 9.84. The van der Waals surface area contributed by atoms with E-state index in [1.165, 1.54) is 22.3 Å². The Morgan fingerprint density at radius 1 is 0.938 bits per heavy atom. The van der Waals surface area contributed by atoms with Gasteiger partial charge in [-0.15, -0.1) is 0 Å². The highest BCUT2D eigenvalue weighted by Crippen LogP contribution is 2.44. The van der Waals surface area contributed by atoms with Gasteiger partial charge in [-0.2, -0.15) is 0 Å². The predicted octanol–water partition coefficient (Wildman–Crippen LogP) is 4.93. The lowest BCUT2D eigenvalue weighted by Crippen LogP contribution is -2.45. The van der Waals surface area contributed by atoms with Crippen molar-refractivity contribution in [3.05, 3.63) is 89.5 Å². The van der Waals surface area contributed by atoms with Gasteiger partial charge in [0.05, 0.1) is 12.7 Å². The first-order chi connectivity index (χ1) is 15.6. The van der Waals surface area contributed by atoms with Crippen molar-refractivity contribution >= 4 is 6.09 Å². The van der Waals surface area contributed by atoms with Gasteiger partial charge in [0.25, 0.3) is 0 Å². The number of hydrogen-bond acceptors (Lipinski definition) is 4. The molecule has 1 aliphatic carbocycles. The maximum Gasteiger partial charge on any atom is 0.409 e. The molecule has 1 aliphatic heterocycles. The average Bonchev–Trinajstić information content (AvgIpc) is 3.17. The minimum atomic E-state index is -0.938.